The third-order valence-corrected chi connectivity index (χ3v) is 7.00. The Labute approximate surface area is 239 Å². The molecule has 0 radical (unpaired) electrons. The Morgan fingerprint density at radius 2 is 1.78 bits per heavy atom. The van der Waals surface area contributed by atoms with Gasteiger partial charge < -0.3 is 23.8 Å². The SMILES string of the molecule is CC(=O)O[C@@H](C)[C@@](F)(COP(=O)(NC(C)C(=O)OC(C)C)Oc1ccc(Cl)cc1)O[C@H](CO)n1ccc(=O)[nH]c1=O. The normalized spacial score (nSPS) is 16.6. The number of hydrogen-bond donors (Lipinski definition) is 3. The molecule has 2 rings (SSSR count). The number of carbonyl (C=O) groups excluding carboxylic acids is 2. The molecule has 2 unspecified atom stereocenters. The van der Waals surface area contributed by atoms with E-state index in [2.05, 4.69) is 5.09 Å². The Kier molecular flexibility index (Phi) is 12.2. The molecule has 0 saturated carbocycles. The zero-order valence-corrected chi connectivity index (χ0v) is 24.5. The van der Waals surface area contributed by atoms with E-state index < -0.39 is 74.5 Å². The second-order valence-electron chi connectivity index (χ2n) is 8.96. The lowest BCUT2D eigenvalue weighted by Gasteiger charge is -2.34. The van der Waals surface area contributed by atoms with E-state index >= 15 is 4.39 Å². The molecule has 1 aromatic carbocycles. The minimum absolute atomic E-state index is 0.0406. The second kappa shape index (κ2) is 14.7. The predicted octanol–water partition coefficient (Wildman–Crippen LogP) is 2.45. The minimum Gasteiger partial charge on any atom is -0.462 e. The molecule has 14 nitrogen and oxygen atoms in total. The molecule has 0 aliphatic heterocycles. The molecule has 0 amide bonds. The molecule has 228 valence electrons. The third kappa shape index (κ3) is 10.4. The molecule has 0 aliphatic carbocycles. The number of alkyl halides is 1. The van der Waals surface area contributed by atoms with E-state index in [9.17, 15) is 28.8 Å². The average molecular weight is 624 g/mol. The van der Waals surface area contributed by atoms with Crippen LogP contribution >= 0.6 is 19.3 Å². The highest BCUT2D eigenvalue weighted by Gasteiger charge is 2.46. The number of aromatic nitrogens is 2. The van der Waals surface area contributed by atoms with Gasteiger partial charge in [-0.2, -0.15) is 5.09 Å². The molecular weight excluding hydrogens is 592 g/mol. The van der Waals surface area contributed by atoms with Crippen molar-refractivity contribution in [1.29, 1.82) is 0 Å². The topological polar surface area (TPSA) is 184 Å². The van der Waals surface area contributed by atoms with E-state index in [0.29, 0.717) is 9.59 Å². The van der Waals surface area contributed by atoms with Gasteiger partial charge in [0, 0.05) is 24.2 Å². The molecule has 5 atom stereocenters. The van der Waals surface area contributed by atoms with Crippen molar-refractivity contribution < 1.29 is 46.9 Å². The van der Waals surface area contributed by atoms with Gasteiger partial charge >= 0.3 is 25.4 Å². The number of aromatic amines is 1. The van der Waals surface area contributed by atoms with Gasteiger partial charge in [-0.3, -0.25) is 28.5 Å². The van der Waals surface area contributed by atoms with Gasteiger partial charge in [0.25, 0.3) is 11.4 Å². The maximum absolute atomic E-state index is 16.4. The molecule has 0 aliphatic rings. The molecule has 0 fully saturated rings. The monoisotopic (exact) mass is 623 g/mol. The van der Waals surface area contributed by atoms with Crippen LogP contribution in [-0.2, 0) is 32.9 Å². The molecule has 0 saturated heterocycles. The lowest BCUT2D eigenvalue weighted by Crippen LogP contribution is -2.49. The van der Waals surface area contributed by atoms with Gasteiger partial charge in [-0.25, -0.2) is 13.8 Å². The third-order valence-electron chi connectivity index (χ3n) is 5.13. The van der Waals surface area contributed by atoms with Crippen LogP contribution in [0.4, 0.5) is 4.39 Å². The van der Waals surface area contributed by atoms with Crippen LogP contribution in [-0.4, -0.2) is 63.9 Å². The van der Waals surface area contributed by atoms with E-state index in [1.165, 1.54) is 31.2 Å². The Morgan fingerprint density at radius 1 is 1.15 bits per heavy atom. The molecule has 3 N–H and O–H groups in total. The number of carbonyl (C=O) groups is 2. The number of esters is 2. The number of rotatable bonds is 15. The van der Waals surface area contributed by atoms with Gasteiger partial charge in [0.2, 0.25) is 0 Å². The number of aliphatic hydroxyl groups excluding tert-OH is 1. The van der Waals surface area contributed by atoms with Gasteiger partial charge in [-0.1, -0.05) is 11.6 Å². The van der Waals surface area contributed by atoms with E-state index in [1.54, 1.807) is 13.8 Å². The highest BCUT2D eigenvalue weighted by molar-refractivity contribution is 7.52. The first-order chi connectivity index (χ1) is 19.1. The Hall–Kier alpha value is -3.07. The Bertz CT molecular complexity index is 1350. The quantitative estimate of drug-likeness (QED) is 0.195. The number of halogens is 2. The summed E-state index contributed by atoms with van der Waals surface area (Å²) in [7, 11) is -4.65. The van der Waals surface area contributed by atoms with Crippen molar-refractivity contribution in [2.75, 3.05) is 13.2 Å². The first kappa shape index (κ1) is 34.1. The summed E-state index contributed by atoms with van der Waals surface area (Å²) in [5, 5.41) is 12.5. The first-order valence-electron chi connectivity index (χ1n) is 12.2. The minimum atomic E-state index is -4.65. The van der Waals surface area contributed by atoms with E-state index in [4.69, 9.17) is 34.9 Å². The van der Waals surface area contributed by atoms with E-state index in [1.807, 2.05) is 4.98 Å². The summed E-state index contributed by atoms with van der Waals surface area (Å²) >= 11 is 5.88. The second-order valence-corrected chi connectivity index (χ2v) is 11.1. The van der Waals surface area contributed by atoms with Crippen LogP contribution < -0.4 is 20.9 Å². The van der Waals surface area contributed by atoms with E-state index in [-0.39, 0.29) is 5.75 Å². The van der Waals surface area contributed by atoms with Crippen molar-refractivity contribution in [1.82, 2.24) is 14.6 Å². The largest absolute Gasteiger partial charge is 0.462 e. The van der Waals surface area contributed by atoms with Crippen LogP contribution in [0.25, 0.3) is 0 Å². The standard InChI is InChI=1S/C24H32ClFN3O11P/c1-14(2)37-22(33)15(3)28-41(35,40-19-8-6-18(25)7-9-19)36-13-24(26,16(4)38-17(5)31)39-21(12-30)29-11-10-20(32)27-23(29)34/h6-11,14-16,21,30H,12-13H2,1-5H3,(H,28,35)(H,27,32,34)/t15?,16-,21+,24+,41?/m0/s1. The lowest BCUT2D eigenvalue weighted by molar-refractivity contribution is -0.268. The molecule has 0 bridgehead atoms. The fourth-order valence-electron chi connectivity index (χ4n) is 3.17. The maximum Gasteiger partial charge on any atom is 0.459 e. The summed E-state index contributed by atoms with van der Waals surface area (Å²) in [6.07, 6.45) is -3.10. The Balaban J connectivity index is 2.43. The fourth-order valence-corrected chi connectivity index (χ4v) is 4.80. The zero-order valence-electron chi connectivity index (χ0n) is 22.9. The van der Waals surface area contributed by atoms with Crippen molar-refractivity contribution in [3.05, 3.63) is 62.4 Å². The lowest BCUT2D eigenvalue weighted by atomic mass is 10.2. The summed E-state index contributed by atoms with van der Waals surface area (Å²) in [6, 6.07) is 5.15. The van der Waals surface area contributed by atoms with Gasteiger partial charge in [0.15, 0.2) is 12.3 Å². The van der Waals surface area contributed by atoms with Crippen LogP contribution in [0.3, 0.4) is 0 Å². The van der Waals surface area contributed by atoms with Gasteiger partial charge in [-0.05, 0) is 52.0 Å². The summed E-state index contributed by atoms with van der Waals surface area (Å²) in [4.78, 5) is 49.6. The van der Waals surface area contributed by atoms with Crippen molar-refractivity contribution >= 4 is 31.3 Å². The molecular formula is C24H32ClFN3O11P. The molecule has 41 heavy (non-hydrogen) atoms. The van der Waals surface area contributed by atoms with Crippen molar-refractivity contribution in [2.24, 2.45) is 0 Å². The summed E-state index contributed by atoms with van der Waals surface area (Å²) in [6.45, 7) is 4.31. The first-order valence-corrected chi connectivity index (χ1v) is 14.1. The molecule has 1 aromatic heterocycles. The van der Waals surface area contributed by atoms with Crippen molar-refractivity contribution in [3.63, 3.8) is 0 Å². The smallest absolute Gasteiger partial charge is 0.459 e. The van der Waals surface area contributed by atoms with Gasteiger partial charge in [0.1, 0.15) is 18.4 Å². The van der Waals surface area contributed by atoms with Crippen LogP contribution in [0.15, 0.2) is 46.1 Å². The van der Waals surface area contributed by atoms with Crippen molar-refractivity contribution in [3.8, 4) is 5.75 Å². The van der Waals surface area contributed by atoms with Gasteiger partial charge in [-0.15, -0.1) is 0 Å². The number of aliphatic hydroxyl groups is 1. The van der Waals surface area contributed by atoms with Crippen LogP contribution in [0.5, 0.6) is 5.75 Å². The summed E-state index contributed by atoms with van der Waals surface area (Å²) in [5.74, 6) is -4.97. The Morgan fingerprint density at radius 3 is 2.32 bits per heavy atom. The summed E-state index contributed by atoms with van der Waals surface area (Å²) in [5.41, 5.74) is -1.81. The molecule has 2 aromatic rings. The average Bonchev–Trinajstić information content (AvgIpc) is 2.87. The predicted molar refractivity (Wildman–Crippen MR) is 143 cm³/mol. The summed E-state index contributed by atoms with van der Waals surface area (Å²) < 4.78 is 57.1. The number of benzene rings is 1. The number of H-pyrrole nitrogens is 1. The fraction of sp³-hybridized carbons (Fsp3) is 0.500. The van der Waals surface area contributed by atoms with Crippen LogP contribution in [0.2, 0.25) is 5.02 Å². The van der Waals surface area contributed by atoms with Crippen LogP contribution in [0, 0.1) is 0 Å². The van der Waals surface area contributed by atoms with Crippen molar-refractivity contribution in [2.45, 2.75) is 65.0 Å². The number of ether oxygens (including phenoxy) is 3. The molecule has 17 heteroatoms. The number of hydrogen-bond acceptors (Lipinski definition) is 11. The van der Waals surface area contributed by atoms with E-state index in [0.717, 1.165) is 26.1 Å². The highest BCUT2D eigenvalue weighted by Crippen LogP contribution is 2.47. The van der Waals surface area contributed by atoms with Crippen LogP contribution in [0.1, 0.15) is 40.8 Å². The zero-order chi connectivity index (χ0) is 31.0. The molecule has 0 spiro atoms. The number of nitrogens with zero attached hydrogens (tertiary/aromatic N) is 1. The number of nitrogens with one attached hydrogen (secondary N) is 2. The highest BCUT2D eigenvalue weighted by atomic mass is 35.5. The molecule has 1 heterocycles. The van der Waals surface area contributed by atoms with Gasteiger partial charge in [0.05, 0.1) is 12.7 Å². The maximum atomic E-state index is 16.4.